The van der Waals surface area contributed by atoms with Crippen LogP contribution in [0.15, 0.2) is 77.9 Å². The summed E-state index contributed by atoms with van der Waals surface area (Å²) in [7, 11) is 1.71. The smallest absolute Gasteiger partial charge is 0.250 e. The molecular weight excluding hydrogens is 378 g/mol. The number of hydrogen-bond acceptors (Lipinski definition) is 4. The molecule has 1 amide bonds. The first-order valence-corrected chi connectivity index (χ1v) is 9.80. The van der Waals surface area contributed by atoms with Gasteiger partial charge in [-0.3, -0.25) is 9.59 Å². The van der Waals surface area contributed by atoms with Gasteiger partial charge < -0.3 is 15.2 Å². The van der Waals surface area contributed by atoms with E-state index in [9.17, 15) is 9.59 Å². The number of nitrogens with two attached hydrogens (primary N) is 1. The number of rotatable bonds is 3. The van der Waals surface area contributed by atoms with Crippen molar-refractivity contribution in [1.82, 2.24) is 14.3 Å². The van der Waals surface area contributed by atoms with Crippen molar-refractivity contribution >= 4 is 22.5 Å². The Bertz CT molecular complexity index is 1310. The summed E-state index contributed by atoms with van der Waals surface area (Å²) in [5, 5.41) is 5.39. The quantitative estimate of drug-likeness (QED) is 0.574. The van der Waals surface area contributed by atoms with Crippen molar-refractivity contribution in [2.24, 2.45) is 12.8 Å². The minimum Gasteiger partial charge on any atom is -0.325 e. The van der Waals surface area contributed by atoms with Gasteiger partial charge in [-0.05, 0) is 29.8 Å². The highest BCUT2D eigenvalue weighted by Crippen LogP contribution is 2.37. The van der Waals surface area contributed by atoms with Crippen LogP contribution in [-0.4, -0.2) is 26.3 Å². The molecule has 2 aromatic heterocycles. The summed E-state index contributed by atoms with van der Waals surface area (Å²) in [5.74, 6) is 0.0150. The molecule has 7 heteroatoms. The van der Waals surface area contributed by atoms with Crippen molar-refractivity contribution in [1.29, 1.82) is 0 Å². The molecule has 2 N–H and O–H groups in total. The minimum absolute atomic E-state index is 0.0150. The monoisotopic (exact) mass is 399 g/mol. The summed E-state index contributed by atoms with van der Waals surface area (Å²) in [6, 6.07) is 18.5. The molecule has 150 valence electrons. The number of anilines is 1. The zero-order valence-electron chi connectivity index (χ0n) is 16.5. The van der Waals surface area contributed by atoms with E-state index in [0.29, 0.717) is 6.42 Å². The Morgan fingerprint density at radius 1 is 1.00 bits per heavy atom. The fourth-order valence-electron chi connectivity index (χ4n) is 4.19. The molecule has 0 spiro atoms. The van der Waals surface area contributed by atoms with Gasteiger partial charge in [0.25, 0.3) is 0 Å². The molecule has 4 aromatic rings. The maximum atomic E-state index is 12.8. The largest absolute Gasteiger partial charge is 0.325 e. The third-order valence-electron chi connectivity index (χ3n) is 5.65. The van der Waals surface area contributed by atoms with Gasteiger partial charge in [-0.15, -0.1) is 0 Å². The second kappa shape index (κ2) is 6.96. The van der Waals surface area contributed by atoms with Crippen LogP contribution in [0.25, 0.3) is 16.6 Å². The maximum absolute atomic E-state index is 12.8. The van der Waals surface area contributed by atoms with Crippen molar-refractivity contribution < 1.29 is 4.79 Å². The summed E-state index contributed by atoms with van der Waals surface area (Å²) < 4.78 is 3.30. The second-order valence-corrected chi connectivity index (χ2v) is 7.62. The lowest BCUT2D eigenvalue weighted by Gasteiger charge is -2.27. The topological polar surface area (TPSA) is 86.2 Å². The molecule has 30 heavy (non-hydrogen) atoms. The molecule has 0 saturated carbocycles. The average molecular weight is 399 g/mol. The number of aryl methyl sites for hydroxylation is 1. The lowest BCUT2D eigenvalue weighted by atomic mass is 10.0. The highest BCUT2D eigenvalue weighted by atomic mass is 16.2. The van der Waals surface area contributed by atoms with Gasteiger partial charge in [-0.25, -0.2) is 4.68 Å². The number of carbonyl (C=O) groups is 1. The lowest BCUT2D eigenvalue weighted by Crippen LogP contribution is -2.33. The van der Waals surface area contributed by atoms with Gasteiger partial charge in [-0.1, -0.05) is 30.3 Å². The van der Waals surface area contributed by atoms with Crippen molar-refractivity contribution in [2.75, 3.05) is 4.90 Å². The predicted molar refractivity (Wildman–Crippen MR) is 116 cm³/mol. The van der Waals surface area contributed by atoms with E-state index in [4.69, 9.17) is 5.73 Å². The average Bonchev–Trinajstić information content (AvgIpc) is 3.30. The van der Waals surface area contributed by atoms with E-state index in [1.54, 1.807) is 35.1 Å². The number of carbonyl (C=O) groups excluding carboxylic acids is 1. The van der Waals surface area contributed by atoms with Crippen LogP contribution in [0.3, 0.4) is 0 Å². The fourth-order valence-corrected chi connectivity index (χ4v) is 4.19. The van der Waals surface area contributed by atoms with Gasteiger partial charge in [-0.2, -0.15) is 5.10 Å². The van der Waals surface area contributed by atoms with E-state index in [-0.39, 0.29) is 23.6 Å². The standard InChI is InChI=1S/C23H21N5O2/c1-26-14-18(8-10-21(26)29)28-20-9-7-17(11-16(20)13-25-28)27-22(30)12-19(24)23(27)15-5-3-2-4-6-15/h2-11,13-14,19,23H,12,24H2,1H3/t19-,23+/m1/s1. The fraction of sp³-hybridized carbons (Fsp3) is 0.174. The Labute approximate surface area is 173 Å². The SMILES string of the molecule is Cn1cc(-n2ncc3cc(N4C(=O)C[C@@H](N)[C@@H]4c4ccccc4)ccc32)ccc1=O. The van der Waals surface area contributed by atoms with Gasteiger partial charge in [0.2, 0.25) is 11.5 Å². The third kappa shape index (κ3) is 2.91. The molecule has 2 atom stereocenters. The molecule has 5 rings (SSSR count). The Kier molecular flexibility index (Phi) is 4.25. The number of amides is 1. The van der Waals surface area contributed by atoms with Crippen LogP contribution in [0, 0.1) is 0 Å². The lowest BCUT2D eigenvalue weighted by molar-refractivity contribution is -0.117. The zero-order valence-corrected chi connectivity index (χ0v) is 16.5. The van der Waals surface area contributed by atoms with E-state index < -0.39 is 0 Å². The maximum Gasteiger partial charge on any atom is 0.250 e. The molecule has 7 nitrogen and oxygen atoms in total. The molecule has 1 saturated heterocycles. The first kappa shape index (κ1) is 18.3. The van der Waals surface area contributed by atoms with Gasteiger partial charge >= 0.3 is 0 Å². The molecule has 1 aliphatic rings. The number of aromatic nitrogens is 3. The summed E-state index contributed by atoms with van der Waals surface area (Å²) in [5.41, 5.74) is 9.78. The number of benzene rings is 2. The van der Waals surface area contributed by atoms with Crippen LogP contribution >= 0.6 is 0 Å². The third-order valence-corrected chi connectivity index (χ3v) is 5.65. The van der Waals surface area contributed by atoms with Gasteiger partial charge in [0.15, 0.2) is 0 Å². The number of hydrogen-bond donors (Lipinski definition) is 1. The summed E-state index contributed by atoms with van der Waals surface area (Å²) in [6.07, 6.45) is 3.83. The van der Waals surface area contributed by atoms with Gasteiger partial charge in [0, 0.05) is 42.8 Å². The Hall–Kier alpha value is -3.71. The van der Waals surface area contributed by atoms with Crippen molar-refractivity contribution in [3.8, 4) is 5.69 Å². The first-order valence-electron chi connectivity index (χ1n) is 9.80. The zero-order chi connectivity index (χ0) is 20.8. The molecule has 2 aromatic carbocycles. The van der Waals surface area contributed by atoms with Gasteiger partial charge in [0.1, 0.15) is 0 Å². The van der Waals surface area contributed by atoms with Crippen molar-refractivity contribution in [3.05, 3.63) is 89.0 Å². The highest BCUT2D eigenvalue weighted by Gasteiger charge is 2.39. The van der Waals surface area contributed by atoms with E-state index >= 15 is 0 Å². The second-order valence-electron chi connectivity index (χ2n) is 7.62. The summed E-state index contributed by atoms with van der Waals surface area (Å²) >= 11 is 0. The number of nitrogens with zero attached hydrogens (tertiary/aromatic N) is 4. The summed E-state index contributed by atoms with van der Waals surface area (Å²) in [6.45, 7) is 0. The Morgan fingerprint density at radius 3 is 2.53 bits per heavy atom. The summed E-state index contributed by atoms with van der Waals surface area (Å²) in [4.78, 5) is 26.3. The molecular formula is C23H21N5O2. The van der Waals surface area contributed by atoms with E-state index in [0.717, 1.165) is 27.8 Å². The number of pyridine rings is 1. The van der Waals surface area contributed by atoms with Crippen molar-refractivity contribution in [3.63, 3.8) is 0 Å². The van der Waals surface area contributed by atoms with E-state index in [1.165, 1.54) is 10.6 Å². The number of fused-ring (bicyclic) bond motifs is 1. The minimum atomic E-state index is -0.260. The first-order chi connectivity index (χ1) is 14.5. The molecule has 0 unspecified atom stereocenters. The van der Waals surface area contributed by atoms with Crippen LogP contribution in [0.5, 0.6) is 0 Å². The van der Waals surface area contributed by atoms with Crippen molar-refractivity contribution in [2.45, 2.75) is 18.5 Å². The molecule has 0 bridgehead atoms. The van der Waals surface area contributed by atoms with Crippen LogP contribution in [0.2, 0.25) is 0 Å². The van der Waals surface area contributed by atoms with Crippen LogP contribution in [-0.2, 0) is 11.8 Å². The molecule has 1 fully saturated rings. The normalized spacial score (nSPS) is 19.0. The molecule has 3 heterocycles. The molecule has 1 aliphatic heterocycles. The van der Waals surface area contributed by atoms with Crippen LogP contribution in [0.4, 0.5) is 5.69 Å². The Morgan fingerprint density at radius 2 is 1.77 bits per heavy atom. The predicted octanol–water partition coefficient (Wildman–Crippen LogP) is 2.53. The Balaban J connectivity index is 1.57. The van der Waals surface area contributed by atoms with Crippen LogP contribution < -0.4 is 16.2 Å². The molecule has 0 aliphatic carbocycles. The van der Waals surface area contributed by atoms with Gasteiger partial charge in [0.05, 0.1) is 23.4 Å². The van der Waals surface area contributed by atoms with E-state index in [1.807, 2.05) is 48.5 Å². The van der Waals surface area contributed by atoms with E-state index in [2.05, 4.69) is 5.10 Å². The highest BCUT2D eigenvalue weighted by molar-refractivity contribution is 5.99. The van der Waals surface area contributed by atoms with Crippen LogP contribution in [0.1, 0.15) is 18.0 Å². The molecule has 0 radical (unpaired) electrons.